The van der Waals surface area contributed by atoms with E-state index in [9.17, 15) is 4.57 Å². The van der Waals surface area contributed by atoms with Crippen molar-refractivity contribution in [3.63, 3.8) is 0 Å². The predicted molar refractivity (Wildman–Crippen MR) is 39.6 cm³/mol. The van der Waals surface area contributed by atoms with E-state index in [1.54, 1.807) is 0 Å². The Morgan fingerprint density at radius 3 is 1.82 bits per heavy atom. The van der Waals surface area contributed by atoms with Gasteiger partial charge < -0.3 is 9.79 Å². The molecule has 6 nitrogen and oxygen atoms in total. The third-order valence-electron chi connectivity index (χ3n) is 0.813. The third-order valence-corrected chi connectivity index (χ3v) is 2.86. The maximum atomic E-state index is 10.2. The van der Waals surface area contributed by atoms with E-state index >= 15 is 0 Å². The Labute approximate surface area is 63.6 Å². The second-order valence-corrected chi connectivity index (χ2v) is 5.37. The first-order chi connectivity index (χ1) is 4.63. The molecule has 0 atom stereocenters. The first-order valence-corrected chi connectivity index (χ1v) is 5.87. The average Bonchev–Trinajstić information content (AvgIpc) is 1.56. The first kappa shape index (κ1) is 11.2. The molecule has 0 unspecified atom stereocenters. The van der Waals surface area contributed by atoms with Crippen LogP contribution in [0.15, 0.2) is 11.9 Å². The summed E-state index contributed by atoms with van der Waals surface area (Å²) in [7, 11) is -8.66. The van der Waals surface area contributed by atoms with Crippen molar-refractivity contribution in [3.8, 4) is 0 Å². The van der Waals surface area contributed by atoms with Crippen LogP contribution in [0.4, 0.5) is 0 Å². The molecular formula is C3H9O6P2+. The summed E-state index contributed by atoms with van der Waals surface area (Å²) in [6.07, 6.45) is -0.912. The number of allylic oxidation sites excluding steroid dienone is 1. The molecule has 8 heteroatoms. The molecule has 5 N–H and O–H groups in total. The van der Waals surface area contributed by atoms with Gasteiger partial charge in [-0.05, 0) is 0 Å². The minimum absolute atomic E-state index is 0.633. The van der Waals surface area contributed by atoms with Crippen molar-refractivity contribution in [2.75, 3.05) is 6.16 Å². The highest BCUT2D eigenvalue weighted by Gasteiger charge is 2.39. The average molecular weight is 203 g/mol. The largest absolute Gasteiger partial charge is 0.436 e. The number of hydrogen-bond donors (Lipinski definition) is 5. The van der Waals surface area contributed by atoms with E-state index in [1.807, 2.05) is 0 Å². The van der Waals surface area contributed by atoms with Gasteiger partial charge in [0, 0.05) is 0 Å². The van der Waals surface area contributed by atoms with Crippen LogP contribution < -0.4 is 0 Å². The summed E-state index contributed by atoms with van der Waals surface area (Å²) in [5.41, 5.74) is 0. The van der Waals surface area contributed by atoms with E-state index in [2.05, 4.69) is 6.58 Å². The van der Waals surface area contributed by atoms with Gasteiger partial charge in [-0.1, -0.05) is 6.58 Å². The van der Waals surface area contributed by atoms with E-state index in [4.69, 9.17) is 24.5 Å². The summed E-state index contributed by atoms with van der Waals surface area (Å²) >= 11 is 0. The van der Waals surface area contributed by atoms with Gasteiger partial charge >= 0.3 is 15.5 Å². The Morgan fingerprint density at radius 1 is 1.36 bits per heavy atom. The van der Waals surface area contributed by atoms with Crippen LogP contribution in [0.5, 0.6) is 0 Å². The van der Waals surface area contributed by atoms with Crippen molar-refractivity contribution in [1.82, 2.24) is 0 Å². The lowest BCUT2D eigenvalue weighted by atomic mass is 10.7. The van der Waals surface area contributed by atoms with Crippen molar-refractivity contribution >= 4 is 15.5 Å². The van der Waals surface area contributed by atoms with Crippen LogP contribution >= 0.6 is 15.5 Å². The van der Waals surface area contributed by atoms with Gasteiger partial charge in [-0.25, -0.2) is 0 Å². The van der Waals surface area contributed by atoms with Crippen molar-refractivity contribution in [2.24, 2.45) is 0 Å². The standard InChI is InChI=1S/C3H8O6P2/c1-3(11(7,8)9)2-10(4,5)6/h7-9H,1-2H2,(H-,4,5,6)/p+1. The SMILES string of the molecule is C=C(CP(=O)(O)O)[P+](O)(O)O. The molecule has 0 amide bonds. The maximum absolute atomic E-state index is 10.2. The lowest BCUT2D eigenvalue weighted by Gasteiger charge is -2.06. The van der Waals surface area contributed by atoms with Crippen LogP contribution in [-0.4, -0.2) is 30.6 Å². The van der Waals surface area contributed by atoms with E-state index < -0.39 is 27.0 Å². The van der Waals surface area contributed by atoms with Gasteiger partial charge in [0.05, 0.1) is 0 Å². The molecule has 0 saturated heterocycles. The molecule has 0 fully saturated rings. The maximum Gasteiger partial charge on any atom is 0.436 e. The van der Waals surface area contributed by atoms with Crippen LogP contribution in [0, 0.1) is 0 Å². The van der Waals surface area contributed by atoms with Crippen LogP contribution in [0.2, 0.25) is 0 Å². The van der Waals surface area contributed by atoms with Gasteiger partial charge in [-0.3, -0.25) is 4.57 Å². The lowest BCUT2D eigenvalue weighted by molar-refractivity contribution is 0.337. The van der Waals surface area contributed by atoms with Crippen LogP contribution in [0.25, 0.3) is 0 Å². The van der Waals surface area contributed by atoms with Gasteiger partial charge in [0.15, 0.2) is 5.31 Å². The monoisotopic (exact) mass is 203 g/mol. The smallest absolute Gasteiger partial charge is 0.324 e. The minimum Gasteiger partial charge on any atom is -0.324 e. The molecule has 0 saturated carbocycles. The molecule has 0 heterocycles. The molecule has 0 rings (SSSR count). The fourth-order valence-corrected chi connectivity index (χ4v) is 2.12. The molecule has 0 aliphatic carbocycles. The number of hydrogen-bond acceptors (Lipinski definition) is 4. The zero-order valence-corrected chi connectivity index (χ0v) is 7.24. The van der Waals surface area contributed by atoms with Gasteiger partial charge in [0.25, 0.3) is 0 Å². The van der Waals surface area contributed by atoms with Gasteiger partial charge in [-0.2, -0.15) is 14.7 Å². The molecule has 66 valence electrons. The fraction of sp³-hybridized carbons (Fsp3) is 0.333. The Morgan fingerprint density at radius 2 is 1.73 bits per heavy atom. The molecular weight excluding hydrogens is 194 g/mol. The molecule has 11 heavy (non-hydrogen) atoms. The van der Waals surface area contributed by atoms with E-state index in [0.29, 0.717) is 0 Å². The molecule has 0 aliphatic heterocycles. The summed E-state index contributed by atoms with van der Waals surface area (Å²) in [5, 5.41) is -0.633. The molecule has 0 radical (unpaired) electrons. The third kappa shape index (κ3) is 5.47. The molecule has 0 bridgehead atoms. The van der Waals surface area contributed by atoms with Crippen molar-refractivity contribution in [3.05, 3.63) is 11.9 Å². The number of rotatable bonds is 3. The van der Waals surface area contributed by atoms with Crippen molar-refractivity contribution in [2.45, 2.75) is 0 Å². The van der Waals surface area contributed by atoms with Crippen LogP contribution in [0.3, 0.4) is 0 Å². The highest BCUT2D eigenvalue weighted by molar-refractivity contribution is 7.65. The van der Waals surface area contributed by atoms with Gasteiger partial charge in [0.1, 0.15) is 6.16 Å². The van der Waals surface area contributed by atoms with Crippen LogP contribution in [0.1, 0.15) is 0 Å². The summed E-state index contributed by atoms with van der Waals surface area (Å²) < 4.78 is 10.2. The first-order valence-electron chi connectivity index (χ1n) is 2.43. The van der Waals surface area contributed by atoms with Crippen LogP contribution in [-0.2, 0) is 4.57 Å². The molecule has 0 aromatic rings. The van der Waals surface area contributed by atoms with E-state index in [1.165, 1.54) is 0 Å². The molecule has 0 aromatic carbocycles. The van der Waals surface area contributed by atoms with E-state index in [-0.39, 0.29) is 0 Å². The second-order valence-electron chi connectivity index (χ2n) is 1.96. The summed E-state index contributed by atoms with van der Waals surface area (Å²) in [5.74, 6) is 0. The van der Waals surface area contributed by atoms with Gasteiger partial charge in [0.2, 0.25) is 0 Å². The summed E-state index contributed by atoms with van der Waals surface area (Å²) in [4.78, 5) is 41.9. The lowest BCUT2D eigenvalue weighted by Crippen LogP contribution is -1.98. The predicted octanol–water partition coefficient (Wildman–Crippen LogP) is -0.583. The zero-order valence-electron chi connectivity index (χ0n) is 5.45. The van der Waals surface area contributed by atoms with Gasteiger partial charge in [-0.15, -0.1) is 0 Å². The molecule has 0 aromatic heterocycles. The fourth-order valence-electron chi connectivity index (χ4n) is 0.333. The molecule has 0 spiro atoms. The highest BCUT2D eigenvalue weighted by Crippen LogP contribution is 2.57. The second kappa shape index (κ2) is 3.29. The quantitative estimate of drug-likeness (QED) is 0.391. The van der Waals surface area contributed by atoms with E-state index in [0.717, 1.165) is 0 Å². The highest BCUT2D eigenvalue weighted by atomic mass is 31.2. The van der Waals surface area contributed by atoms with Crippen molar-refractivity contribution < 1.29 is 29.0 Å². The normalized spacial score (nSPS) is 13.2. The topological polar surface area (TPSA) is 118 Å². The Balaban J connectivity index is 4.23. The zero-order chi connectivity index (χ0) is 9.28. The van der Waals surface area contributed by atoms with Crippen molar-refractivity contribution in [1.29, 1.82) is 0 Å². The minimum atomic E-state index is -4.37. The molecule has 0 aliphatic rings. The Kier molecular flexibility index (Phi) is 3.35. The summed E-state index contributed by atoms with van der Waals surface area (Å²) in [6, 6.07) is 0. The Hall–Kier alpha value is 0.200. The Bertz CT molecular complexity index is 198. The summed E-state index contributed by atoms with van der Waals surface area (Å²) in [6.45, 7) is 2.92.